The third-order valence-corrected chi connectivity index (χ3v) is 5.57. The van der Waals surface area contributed by atoms with Gasteiger partial charge in [-0.2, -0.15) is 0 Å². The van der Waals surface area contributed by atoms with E-state index in [-0.39, 0.29) is 10.4 Å². The minimum absolute atomic E-state index is 0.227. The number of benzene rings is 1. The summed E-state index contributed by atoms with van der Waals surface area (Å²) in [5.74, 6) is 0. The van der Waals surface area contributed by atoms with Crippen LogP contribution in [0.25, 0.3) is 0 Å². The molecule has 1 aliphatic carbocycles. The van der Waals surface area contributed by atoms with Gasteiger partial charge in [0.15, 0.2) is 0 Å². The first kappa shape index (κ1) is 14.5. The Hall–Kier alpha value is -0.910. The standard InChI is InChI=1S/C14H21NO3S/c1-3-14(8-5-9-14)15-19(17,18)13-7-4-6-12(10-13)11(2)16/h4,6-7,10-11,15-16H,3,5,8-9H2,1-2H3. The van der Waals surface area contributed by atoms with Crippen molar-refractivity contribution in [1.82, 2.24) is 4.72 Å². The highest BCUT2D eigenvalue weighted by Crippen LogP contribution is 2.36. The van der Waals surface area contributed by atoms with E-state index in [0.717, 1.165) is 25.7 Å². The van der Waals surface area contributed by atoms with Crippen LogP contribution in [-0.2, 0) is 10.0 Å². The van der Waals surface area contributed by atoms with Crippen LogP contribution in [0.2, 0.25) is 0 Å². The van der Waals surface area contributed by atoms with E-state index >= 15 is 0 Å². The lowest BCUT2D eigenvalue weighted by molar-refractivity contribution is 0.199. The summed E-state index contributed by atoms with van der Waals surface area (Å²) in [4.78, 5) is 0.227. The third kappa shape index (κ3) is 2.99. The largest absolute Gasteiger partial charge is 0.389 e. The summed E-state index contributed by atoms with van der Waals surface area (Å²) in [6.45, 7) is 3.63. The highest BCUT2D eigenvalue weighted by molar-refractivity contribution is 7.89. The van der Waals surface area contributed by atoms with Gasteiger partial charge >= 0.3 is 0 Å². The lowest BCUT2D eigenvalue weighted by Gasteiger charge is -2.41. The molecule has 1 aliphatic rings. The Kier molecular flexibility index (Phi) is 3.99. The van der Waals surface area contributed by atoms with Crippen molar-refractivity contribution < 1.29 is 13.5 Å². The van der Waals surface area contributed by atoms with Gasteiger partial charge in [-0.15, -0.1) is 0 Å². The van der Waals surface area contributed by atoms with E-state index in [9.17, 15) is 13.5 Å². The number of hydrogen-bond acceptors (Lipinski definition) is 3. The summed E-state index contributed by atoms with van der Waals surface area (Å²) < 4.78 is 27.6. The van der Waals surface area contributed by atoms with Gasteiger partial charge in [-0.1, -0.05) is 19.1 Å². The van der Waals surface area contributed by atoms with Crippen molar-refractivity contribution in [2.24, 2.45) is 0 Å². The number of sulfonamides is 1. The van der Waals surface area contributed by atoms with Gasteiger partial charge in [0.05, 0.1) is 11.0 Å². The molecule has 1 aromatic carbocycles. The Morgan fingerprint density at radius 2 is 2.11 bits per heavy atom. The summed E-state index contributed by atoms with van der Waals surface area (Å²) in [7, 11) is -3.51. The van der Waals surface area contributed by atoms with Crippen molar-refractivity contribution in [2.75, 3.05) is 0 Å². The molecular formula is C14H21NO3S. The summed E-state index contributed by atoms with van der Waals surface area (Å²) in [6, 6.07) is 6.49. The fourth-order valence-electron chi connectivity index (χ4n) is 2.42. The second-order valence-corrected chi connectivity index (χ2v) is 7.02. The molecule has 1 atom stereocenters. The van der Waals surface area contributed by atoms with Crippen LogP contribution in [-0.4, -0.2) is 19.1 Å². The van der Waals surface area contributed by atoms with Crippen LogP contribution < -0.4 is 4.72 Å². The first-order valence-electron chi connectivity index (χ1n) is 6.70. The molecule has 19 heavy (non-hydrogen) atoms. The van der Waals surface area contributed by atoms with Crippen molar-refractivity contribution in [2.45, 2.75) is 56.1 Å². The molecule has 1 aromatic rings. The number of rotatable bonds is 5. The lowest BCUT2D eigenvalue weighted by atomic mass is 9.76. The van der Waals surface area contributed by atoms with Gasteiger partial charge in [-0.05, 0) is 50.3 Å². The first-order valence-corrected chi connectivity index (χ1v) is 8.19. The van der Waals surface area contributed by atoms with Crippen molar-refractivity contribution in [1.29, 1.82) is 0 Å². The van der Waals surface area contributed by atoms with Crippen LogP contribution in [0.1, 0.15) is 51.2 Å². The summed E-state index contributed by atoms with van der Waals surface area (Å²) in [5, 5.41) is 9.53. The molecule has 1 saturated carbocycles. The van der Waals surface area contributed by atoms with Crippen LogP contribution in [0.4, 0.5) is 0 Å². The minimum Gasteiger partial charge on any atom is -0.389 e. The Balaban J connectivity index is 2.26. The minimum atomic E-state index is -3.51. The van der Waals surface area contributed by atoms with Gasteiger partial charge in [-0.25, -0.2) is 13.1 Å². The van der Waals surface area contributed by atoms with Crippen LogP contribution in [0.3, 0.4) is 0 Å². The Morgan fingerprint density at radius 3 is 2.58 bits per heavy atom. The molecule has 2 rings (SSSR count). The Morgan fingerprint density at radius 1 is 1.42 bits per heavy atom. The van der Waals surface area contributed by atoms with Crippen molar-refractivity contribution in [3.8, 4) is 0 Å². The molecule has 0 saturated heterocycles. The van der Waals surface area contributed by atoms with E-state index in [2.05, 4.69) is 4.72 Å². The molecule has 1 fully saturated rings. The number of nitrogens with one attached hydrogen (secondary N) is 1. The zero-order valence-electron chi connectivity index (χ0n) is 11.4. The zero-order valence-corrected chi connectivity index (χ0v) is 12.2. The van der Waals surface area contributed by atoms with E-state index in [4.69, 9.17) is 0 Å². The van der Waals surface area contributed by atoms with Crippen molar-refractivity contribution in [3.05, 3.63) is 29.8 Å². The maximum atomic E-state index is 12.4. The van der Waals surface area contributed by atoms with Gasteiger partial charge in [0.1, 0.15) is 0 Å². The number of aliphatic hydroxyl groups excluding tert-OH is 1. The van der Waals surface area contributed by atoms with Crippen LogP contribution in [0.5, 0.6) is 0 Å². The summed E-state index contributed by atoms with van der Waals surface area (Å²) in [6.07, 6.45) is 3.02. The molecule has 0 amide bonds. The quantitative estimate of drug-likeness (QED) is 0.871. The van der Waals surface area contributed by atoms with Gasteiger partial charge in [-0.3, -0.25) is 0 Å². The number of hydrogen-bond donors (Lipinski definition) is 2. The molecule has 106 valence electrons. The van der Waals surface area contributed by atoms with Crippen molar-refractivity contribution >= 4 is 10.0 Å². The molecule has 0 aliphatic heterocycles. The second kappa shape index (κ2) is 5.23. The normalized spacial score (nSPS) is 19.7. The molecular weight excluding hydrogens is 262 g/mol. The molecule has 0 bridgehead atoms. The summed E-state index contributed by atoms with van der Waals surface area (Å²) >= 11 is 0. The maximum Gasteiger partial charge on any atom is 0.241 e. The third-order valence-electron chi connectivity index (χ3n) is 3.99. The molecule has 4 nitrogen and oxygen atoms in total. The highest BCUT2D eigenvalue weighted by atomic mass is 32.2. The first-order chi connectivity index (χ1) is 8.88. The second-order valence-electron chi connectivity index (χ2n) is 5.34. The lowest BCUT2D eigenvalue weighted by Crippen LogP contribution is -2.52. The van der Waals surface area contributed by atoms with Gasteiger partial charge in [0, 0.05) is 5.54 Å². The molecule has 1 unspecified atom stereocenters. The molecule has 5 heteroatoms. The van der Waals surface area contributed by atoms with Crippen molar-refractivity contribution in [3.63, 3.8) is 0 Å². The van der Waals surface area contributed by atoms with Crippen LogP contribution in [0.15, 0.2) is 29.2 Å². The van der Waals surface area contributed by atoms with Crippen LogP contribution in [0, 0.1) is 0 Å². The van der Waals surface area contributed by atoms with Crippen LogP contribution >= 0.6 is 0 Å². The predicted molar refractivity (Wildman–Crippen MR) is 74.3 cm³/mol. The monoisotopic (exact) mass is 283 g/mol. The fourth-order valence-corrected chi connectivity index (χ4v) is 4.00. The topological polar surface area (TPSA) is 66.4 Å². The smallest absolute Gasteiger partial charge is 0.241 e. The van der Waals surface area contributed by atoms with Gasteiger partial charge in [0.2, 0.25) is 10.0 Å². The van der Waals surface area contributed by atoms with Gasteiger partial charge < -0.3 is 5.11 Å². The van der Waals surface area contributed by atoms with E-state index in [1.807, 2.05) is 6.92 Å². The van der Waals surface area contributed by atoms with E-state index < -0.39 is 16.1 Å². The van der Waals surface area contributed by atoms with E-state index in [1.54, 1.807) is 25.1 Å². The Bertz CT molecular complexity index is 542. The molecule has 2 N–H and O–H groups in total. The van der Waals surface area contributed by atoms with E-state index in [0.29, 0.717) is 5.56 Å². The molecule has 0 spiro atoms. The van der Waals surface area contributed by atoms with Gasteiger partial charge in [0.25, 0.3) is 0 Å². The fraction of sp³-hybridized carbons (Fsp3) is 0.571. The Labute approximate surface area is 114 Å². The molecule has 0 radical (unpaired) electrons. The summed E-state index contributed by atoms with van der Waals surface area (Å²) in [5.41, 5.74) is 0.349. The number of aliphatic hydroxyl groups is 1. The predicted octanol–water partition coefficient (Wildman–Crippen LogP) is 2.35. The maximum absolute atomic E-state index is 12.4. The molecule has 0 aromatic heterocycles. The molecule has 0 heterocycles. The SMILES string of the molecule is CCC1(NS(=O)(=O)c2cccc(C(C)O)c2)CCC1. The highest BCUT2D eigenvalue weighted by Gasteiger charge is 2.39. The van der Waals surface area contributed by atoms with E-state index in [1.165, 1.54) is 6.07 Å². The average molecular weight is 283 g/mol. The average Bonchev–Trinajstić information content (AvgIpc) is 2.34. The zero-order chi connectivity index (χ0) is 14.1.